The van der Waals surface area contributed by atoms with Gasteiger partial charge in [0.15, 0.2) is 0 Å². The van der Waals surface area contributed by atoms with E-state index in [0.29, 0.717) is 18.2 Å². The van der Waals surface area contributed by atoms with Gasteiger partial charge in [-0.05, 0) is 30.5 Å². The lowest BCUT2D eigenvalue weighted by molar-refractivity contribution is 0.474. The van der Waals surface area contributed by atoms with Crippen LogP contribution in [0.1, 0.15) is 5.56 Å². The molecule has 3 heteroatoms. The molecule has 4 N–H and O–H groups in total. The van der Waals surface area contributed by atoms with Crippen LogP contribution in [-0.4, -0.2) is 18.2 Å². The molecule has 0 amide bonds. The standard InChI is InChI=1S/C10H14N2O/c11-5-7-3-8-1-2-9(13)4-10(8)12-6-7/h1-2,4,7,12-13H,3,5-6,11H2. The number of nitrogens with two attached hydrogens (primary N) is 1. The fourth-order valence-electron chi connectivity index (χ4n) is 1.71. The summed E-state index contributed by atoms with van der Waals surface area (Å²) in [6, 6.07) is 5.45. The van der Waals surface area contributed by atoms with Crippen molar-refractivity contribution in [3.8, 4) is 5.75 Å². The number of rotatable bonds is 1. The zero-order valence-corrected chi connectivity index (χ0v) is 7.46. The van der Waals surface area contributed by atoms with Crippen molar-refractivity contribution in [3.63, 3.8) is 0 Å². The second-order valence-electron chi connectivity index (χ2n) is 3.53. The third-order valence-electron chi connectivity index (χ3n) is 2.52. The van der Waals surface area contributed by atoms with Crippen LogP contribution in [0.2, 0.25) is 0 Å². The Morgan fingerprint density at radius 1 is 1.54 bits per heavy atom. The zero-order chi connectivity index (χ0) is 9.26. The number of hydrogen-bond acceptors (Lipinski definition) is 3. The van der Waals surface area contributed by atoms with Crippen LogP contribution >= 0.6 is 0 Å². The van der Waals surface area contributed by atoms with E-state index in [-0.39, 0.29) is 0 Å². The first-order valence-electron chi connectivity index (χ1n) is 4.55. The van der Waals surface area contributed by atoms with Gasteiger partial charge in [0.05, 0.1) is 0 Å². The lowest BCUT2D eigenvalue weighted by Gasteiger charge is -2.25. The van der Waals surface area contributed by atoms with Crippen molar-refractivity contribution in [2.24, 2.45) is 11.7 Å². The van der Waals surface area contributed by atoms with Crippen LogP contribution in [0, 0.1) is 5.92 Å². The molecule has 1 aliphatic heterocycles. The highest BCUT2D eigenvalue weighted by Gasteiger charge is 2.16. The van der Waals surface area contributed by atoms with Crippen LogP contribution < -0.4 is 11.1 Å². The van der Waals surface area contributed by atoms with Crippen LogP contribution in [0.3, 0.4) is 0 Å². The molecule has 3 nitrogen and oxygen atoms in total. The molecule has 2 rings (SSSR count). The van der Waals surface area contributed by atoms with Gasteiger partial charge in [-0.2, -0.15) is 0 Å². The molecule has 1 aromatic rings. The fourth-order valence-corrected chi connectivity index (χ4v) is 1.71. The summed E-state index contributed by atoms with van der Waals surface area (Å²) in [4.78, 5) is 0. The summed E-state index contributed by atoms with van der Waals surface area (Å²) in [5.74, 6) is 0.842. The average Bonchev–Trinajstić information content (AvgIpc) is 2.17. The van der Waals surface area contributed by atoms with Crippen LogP contribution in [0.25, 0.3) is 0 Å². The van der Waals surface area contributed by atoms with Gasteiger partial charge in [0, 0.05) is 18.3 Å². The predicted molar refractivity (Wildman–Crippen MR) is 52.8 cm³/mol. The Balaban J connectivity index is 2.26. The molecule has 0 aromatic heterocycles. The van der Waals surface area contributed by atoms with Crippen LogP contribution in [0.5, 0.6) is 5.75 Å². The molecule has 1 aromatic carbocycles. The molecule has 13 heavy (non-hydrogen) atoms. The number of phenolic OH excluding ortho intramolecular Hbond substituents is 1. The van der Waals surface area contributed by atoms with Crippen LogP contribution in [0.15, 0.2) is 18.2 Å². The molecule has 0 aliphatic carbocycles. The van der Waals surface area contributed by atoms with Gasteiger partial charge in [0.2, 0.25) is 0 Å². The van der Waals surface area contributed by atoms with Crippen molar-refractivity contribution >= 4 is 5.69 Å². The fraction of sp³-hybridized carbons (Fsp3) is 0.400. The zero-order valence-electron chi connectivity index (χ0n) is 7.46. The minimum atomic E-state index is 0.317. The minimum absolute atomic E-state index is 0.317. The summed E-state index contributed by atoms with van der Waals surface area (Å²) < 4.78 is 0. The topological polar surface area (TPSA) is 58.3 Å². The van der Waals surface area contributed by atoms with E-state index < -0.39 is 0 Å². The largest absolute Gasteiger partial charge is 0.508 e. The molecule has 0 saturated heterocycles. The molecule has 0 saturated carbocycles. The maximum Gasteiger partial charge on any atom is 0.117 e. The number of anilines is 1. The van der Waals surface area contributed by atoms with E-state index in [1.165, 1.54) is 5.56 Å². The Kier molecular flexibility index (Phi) is 2.10. The van der Waals surface area contributed by atoms with Crippen molar-refractivity contribution in [1.29, 1.82) is 0 Å². The third kappa shape index (κ3) is 1.60. The molecule has 1 atom stereocenters. The minimum Gasteiger partial charge on any atom is -0.508 e. The normalized spacial score (nSPS) is 20.5. The van der Waals surface area contributed by atoms with Gasteiger partial charge in [-0.3, -0.25) is 0 Å². The number of nitrogens with one attached hydrogen (secondary N) is 1. The van der Waals surface area contributed by atoms with Crippen molar-refractivity contribution in [2.75, 3.05) is 18.4 Å². The van der Waals surface area contributed by atoms with E-state index >= 15 is 0 Å². The Bertz CT molecular complexity index is 312. The highest BCUT2D eigenvalue weighted by Crippen LogP contribution is 2.27. The second kappa shape index (κ2) is 3.26. The predicted octanol–water partition coefficient (Wildman–Crippen LogP) is 0.935. The Labute approximate surface area is 77.6 Å². The number of benzene rings is 1. The second-order valence-corrected chi connectivity index (χ2v) is 3.53. The lowest BCUT2D eigenvalue weighted by Crippen LogP contribution is -2.29. The number of fused-ring (bicyclic) bond motifs is 1. The van der Waals surface area contributed by atoms with Crippen molar-refractivity contribution in [3.05, 3.63) is 23.8 Å². The van der Waals surface area contributed by atoms with Gasteiger partial charge in [0.1, 0.15) is 5.75 Å². The summed E-state index contributed by atoms with van der Waals surface area (Å²) in [6.07, 6.45) is 1.01. The summed E-state index contributed by atoms with van der Waals surface area (Å²) >= 11 is 0. The smallest absolute Gasteiger partial charge is 0.117 e. The molecule has 0 spiro atoms. The van der Waals surface area contributed by atoms with E-state index in [9.17, 15) is 5.11 Å². The maximum absolute atomic E-state index is 9.25. The maximum atomic E-state index is 9.25. The van der Waals surface area contributed by atoms with E-state index in [4.69, 9.17) is 5.73 Å². The van der Waals surface area contributed by atoms with E-state index in [2.05, 4.69) is 5.32 Å². The molecule has 1 heterocycles. The van der Waals surface area contributed by atoms with E-state index in [1.54, 1.807) is 12.1 Å². The Hall–Kier alpha value is -1.22. The monoisotopic (exact) mass is 178 g/mol. The number of aromatic hydroxyl groups is 1. The van der Waals surface area contributed by atoms with Crippen molar-refractivity contribution < 1.29 is 5.11 Å². The lowest BCUT2D eigenvalue weighted by atomic mass is 9.94. The first-order chi connectivity index (χ1) is 6.29. The van der Waals surface area contributed by atoms with Gasteiger partial charge in [-0.1, -0.05) is 6.07 Å². The van der Waals surface area contributed by atoms with Gasteiger partial charge < -0.3 is 16.2 Å². The highest BCUT2D eigenvalue weighted by atomic mass is 16.3. The summed E-state index contributed by atoms with van der Waals surface area (Å²) in [5, 5.41) is 12.5. The molecule has 1 unspecified atom stereocenters. The molecular formula is C10H14N2O. The van der Waals surface area contributed by atoms with Crippen molar-refractivity contribution in [2.45, 2.75) is 6.42 Å². The van der Waals surface area contributed by atoms with Gasteiger partial charge in [0.25, 0.3) is 0 Å². The van der Waals surface area contributed by atoms with Crippen LogP contribution in [0.4, 0.5) is 5.69 Å². The quantitative estimate of drug-likeness (QED) is 0.599. The molecule has 1 aliphatic rings. The summed E-state index contributed by atoms with van der Waals surface area (Å²) in [7, 11) is 0. The molecule has 0 fully saturated rings. The highest BCUT2D eigenvalue weighted by molar-refractivity contribution is 5.56. The Morgan fingerprint density at radius 3 is 3.15 bits per heavy atom. The number of phenols is 1. The van der Waals surface area contributed by atoms with Gasteiger partial charge in [-0.15, -0.1) is 0 Å². The third-order valence-corrected chi connectivity index (χ3v) is 2.52. The first-order valence-corrected chi connectivity index (χ1v) is 4.55. The molecular weight excluding hydrogens is 164 g/mol. The van der Waals surface area contributed by atoms with Crippen molar-refractivity contribution in [1.82, 2.24) is 0 Å². The Morgan fingerprint density at radius 2 is 2.38 bits per heavy atom. The molecule has 0 radical (unpaired) electrons. The SMILES string of the molecule is NCC1CNc2cc(O)ccc2C1. The van der Waals surface area contributed by atoms with E-state index in [1.807, 2.05) is 6.07 Å². The van der Waals surface area contributed by atoms with Gasteiger partial charge in [-0.25, -0.2) is 0 Å². The number of hydrogen-bond donors (Lipinski definition) is 3. The van der Waals surface area contributed by atoms with E-state index in [0.717, 1.165) is 18.7 Å². The average molecular weight is 178 g/mol. The molecule has 70 valence electrons. The summed E-state index contributed by atoms with van der Waals surface area (Å²) in [5.41, 5.74) is 7.90. The van der Waals surface area contributed by atoms with Gasteiger partial charge >= 0.3 is 0 Å². The summed E-state index contributed by atoms with van der Waals surface area (Å²) in [6.45, 7) is 1.63. The molecule has 0 bridgehead atoms. The van der Waals surface area contributed by atoms with Crippen LogP contribution in [-0.2, 0) is 6.42 Å². The first kappa shape index (κ1) is 8.38.